The summed E-state index contributed by atoms with van der Waals surface area (Å²) in [6, 6.07) is 15.1. The number of nitrogens with zero attached hydrogens (tertiary/aromatic N) is 3. The molecule has 0 aliphatic heterocycles. The number of nitriles is 1. The van der Waals surface area contributed by atoms with Crippen LogP contribution in [0.4, 0.5) is 17.1 Å². The number of anilines is 1. The Labute approximate surface area is 121 Å². The lowest BCUT2D eigenvalue weighted by Gasteiger charge is -2.06. The second-order valence-electron chi connectivity index (χ2n) is 4.29. The van der Waals surface area contributed by atoms with Gasteiger partial charge in [0.25, 0.3) is 5.69 Å². The van der Waals surface area contributed by atoms with Crippen molar-refractivity contribution < 1.29 is 4.92 Å². The molecule has 2 rings (SSSR count). The maximum Gasteiger partial charge on any atom is 0.269 e. The van der Waals surface area contributed by atoms with Crippen molar-refractivity contribution in [3.05, 3.63) is 64.2 Å². The number of nitrogens with one attached hydrogen (secondary N) is 1. The smallest absolute Gasteiger partial charge is 0.269 e. The molecule has 0 aromatic heterocycles. The number of non-ortho nitro benzene ring substituents is 1. The highest BCUT2D eigenvalue weighted by Crippen LogP contribution is 2.18. The van der Waals surface area contributed by atoms with Crippen LogP contribution in [0.5, 0.6) is 0 Å². The monoisotopic (exact) mass is 280 g/mol. The fourth-order valence-corrected chi connectivity index (χ4v) is 1.75. The van der Waals surface area contributed by atoms with Crippen molar-refractivity contribution in [1.82, 2.24) is 0 Å². The number of nitro benzene ring substituents is 1. The first kappa shape index (κ1) is 14.2. The van der Waals surface area contributed by atoms with Gasteiger partial charge in [-0.2, -0.15) is 5.26 Å². The third-order valence-electron chi connectivity index (χ3n) is 2.67. The summed E-state index contributed by atoms with van der Waals surface area (Å²) in [6.07, 6.45) is 0. The van der Waals surface area contributed by atoms with Crippen molar-refractivity contribution in [2.45, 2.75) is 6.92 Å². The van der Waals surface area contributed by atoms with Crippen LogP contribution in [0, 0.1) is 21.4 Å². The van der Waals surface area contributed by atoms with E-state index in [4.69, 9.17) is 5.26 Å². The quantitative estimate of drug-likeness (QED) is 0.402. The van der Waals surface area contributed by atoms with Gasteiger partial charge in [0.2, 0.25) is 0 Å². The highest BCUT2D eigenvalue weighted by Gasteiger charge is 2.03. The Bertz CT molecular complexity index is 730. The number of hydrogen-bond acceptors (Lipinski definition) is 4. The van der Waals surface area contributed by atoms with Crippen LogP contribution in [0.25, 0.3) is 0 Å². The summed E-state index contributed by atoms with van der Waals surface area (Å²) in [6.45, 7) is 1.78. The predicted molar refractivity (Wildman–Crippen MR) is 80.6 cm³/mol. The molecule has 0 amide bonds. The summed E-state index contributed by atoms with van der Waals surface area (Å²) in [4.78, 5) is 14.4. The van der Waals surface area contributed by atoms with Crippen molar-refractivity contribution in [2.75, 3.05) is 5.32 Å². The Morgan fingerprint density at radius 2 is 2.00 bits per heavy atom. The minimum Gasteiger partial charge on any atom is -0.344 e. The third kappa shape index (κ3) is 3.88. The molecule has 6 nitrogen and oxygen atoms in total. The molecule has 0 saturated heterocycles. The molecular formula is C15H12N4O2. The normalized spacial score (nSPS) is 10.8. The maximum absolute atomic E-state index is 10.6. The van der Waals surface area contributed by atoms with E-state index in [-0.39, 0.29) is 5.69 Å². The molecule has 0 spiro atoms. The highest BCUT2D eigenvalue weighted by atomic mass is 16.6. The van der Waals surface area contributed by atoms with Gasteiger partial charge in [-0.1, -0.05) is 6.07 Å². The Balaban J connectivity index is 2.13. The molecule has 2 aromatic rings. The van der Waals surface area contributed by atoms with E-state index in [1.165, 1.54) is 12.1 Å². The molecule has 0 saturated carbocycles. The van der Waals surface area contributed by atoms with Gasteiger partial charge in [-0.3, -0.25) is 10.1 Å². The molecule has 1 N–H and O–H groups in total. The van der Waals surface area contributed by atoms with Crippen molar-refractivity contribution in [1.29, 1.82) is 5.26 Å². The number of rotatable bonds is 3. The number of amidine groups is 1. The summed E-state index contributed by atoms with van der Waals surface area (Å²) < 4.78 is 0. The second-order valence-corrected chi connectivity index (χ2v) is 4.29. The molecule has 104 valence electrons. The first-order chi connectivity index (χ1) is 10.1. The molecule has 0 atom stereocenters. The van der Waals surface area contributed by atoms with Crippen LogP contribution < -0.4 is 5.32 Å². The molecule has 0 bridgehead atoms. The van der Waals surface area contributed by atoms with Gasteiger partial charge in [0, 0.05) is 17.8 Å². The molecule has 0 aliphatic carbocycles. The van der Waals surface area contributed by atoms with Crippen molar-refractivity contribution in [2.24, 2.45) is 4.99 Å². The Kier molecular flexibility index (Phi) is 4.26. The van der Waals surface area contributed by atoms with Gasteiger partial charge in [0.05, 0.1) is 22.2 Å². The van der Waals surface area contributed by atoms with E-state index in [0.29, 0.717) is 17.1 Å². The Morgan fingerprint density at radius 1 is 1.29 bits per heavy atom. The fourth-order valence-electron chi connectivity index (χ4n) is 1.75. The number of hydrogen-bond donors (Lipinski definition) is 1. The minimum absolute atomic E-state index is 0.0290. The van der Waals surface area contributed by atoms with Crippen LogP contribution in [0.3, 0.4) is 0 Å². The van der Waals surface area contributed by atoms with Crippen LogP contribution in [0.2, 0.25) is 0 Å². The van der Waals surface area contributed by atoms with Gasteiger partial charge >= 0.3 is 0 Å². The lowest BCUT2D eigenvalue weighted by atomic mass is 10.2. The SMILES string of the molecule is CC(=Nc1ccc([N+](=O)[O-])cc1)Nc1cccc(C#N)c1. The van der Waals surface area contributed by atoms with E-state index in [1.54, 1.807) is 37.3 Å². The van der Waals surface area contributed by atoms with E-state index in [0.717, 1.165) is 5.69 Å². The number of benzene rings is 2. The predicted octanol–water partition coefficient (Wildman–Crippen LogP) is 3.63. The first-order valence-electron chi connectivity index (χ1n) is 6.15. The number of aliphatic imine (C=N–C) groups is 1. The Morgan fingerprint density at radius 3 is 2.62 bits per heavy atom. The zero-order valence-electron chi connectivity index (χ0n) is 11.3. The number of nitro groups is 1. The van der Waals surface area contributed by atoms with Gasteiger partial charge in [-0.05, 0) is 37.3 Å². The molecule has 0 radical (unpaired) electrons. The molecular weight excluding hydrogens is 268 g/mol. The van der Waals surface area contributed by atoms with Gasteiger partial charge < -0.3 is 5.32 Å². The summed E-state index contributed by atoms with van der Waals surface area (Å²) >= 11 is 0. The average Bonchev–Trinajstić information content (AvgIpc) is 2.47. The van der Waals surface area contributed by atoms with Gasteiger partial charge in [-0.25, -0.2) is 4.99 Å². The Hall–Kier alpha value is -3.20. The van der Waals surface area contributed by atoms with E-state index in [2.05, 4.69) is 16.4 Å². The second kappa shape index (κ2) is 6.30. The zero-order valence-corrected chi connectivity index (χ0v) is 11.3. The van der Waals surface area contributed by atoms with E-state index in [9.17, 15) is 10.1 Å². The van der Waals surface area contributed by atoms with Crippen LogP contribution >= 0.6 is 0 Å². The van der Waals surface area contributed by atoms with Gasteiger partial charge in [0.15, 0.2) is 0 Å². The van der Waals surface area contributed by atoms with E-state index in [1.807, 2.05) is 6.07 Å². The van der Waals surface area contributed by atoms with Crippen molar-refractivity contribution >= 4 is 22.9 Å². The standard InChI is InChI=1S/C15H12N4O2/c1-11(18-14-4-2-3-12(9-14)10-16)17-13-5-7-15(8-6-13)19(20)21/h2-9H,1H3,(H,17,18). The minimum atomic E-state index is -0.452. The van der Waals surface area contributed by atoms with Crippen molar-refractivity contribution in [3.8, 4) is 6.07 Å². The highest BCUT2D eigenvalue weighted by molar-refractivity contribution is 5.95. The summed E-state index contributed by atoms with van der Waals surface area (Å²) in [5, 5.41) is 22.5. The molecule has 0 aliphatic rings. The third-order valence-corrected chi connectivity index (χ3v) is 2.67. The lowest BCUT2D eigenvalue weighted by Crippen LogP contribution is -2.06. The first-order valence-corrected chi connectivity index (χ1v) is 6.15. The molecule has 6 heteroatoms. The summed E-state index contributed by atoms with van der Waals surface area (Å²) in [5.41, 5.74) is 1.96. The molecule has 21 heavy (non-hydrogen) atoms. The maximum atomic E-state index is 10.6. The zero-order chi connectivity index (χ0) is 15.2. The van der Waals surface area contributed by atoms with Crippen LogP contribution in [-0.2, 0) is 0 Å². The van der Waals surface area contributed by atoms with Crippen LogP contribution in [0.15, 0.2) is 53.5 Å². The molecule has 2 aromatic carbocycles. The van der Waals surface area contributed by atoms with Crippen molar-refractivity contribution in [3.63, 3.8) is 0 Å². The molecule has 0 fully saturated rings. The van der Waals surface area contributed by atoms with Gasteiger partial charge in [-0.15, -0.1) is 0 Å². The lowest BCUT2D eigenvalue weighted by molar-refractivity contribution is -0.384. The topological polar surface area (TPSA) is 91.3 Å². The largest absolute Gasteiger partial charge is 0.344 e. The molecule has 0 unspecified atom stereocenters. The average molecular weight is 280 g/mol. The fraction of sp³-hybridized carbons (Fsp3) is 0.0667. The molecule has 0 heterocycles. The van der Waals surface area contributed by atoms with E-state index >= 15 is 0 Å². The van der Waals surface area contributed by atoms with Crippen LogP contribution in [0.1, 0.15) is 12.5 Å². The van der Waals surface area contributed by atoms with E-state index < -0.39 is 4.92 Å². The summed E-state index contributed by atoms with van der Waals surface area (Å²) in [7, 11) is 0. The summed E-state index contributed by atoms with van der Waals surface area (Å²) in [5.74, 6) is 0.624. The van der Waals surface area contributed by atoms with Gasteiger partial charge in [0.1, 0.15) is 5.84 Å². The van der Waals surface area contributed by atoms with Crippen LogP contribution in [-0.4, -0.2) is 10.8 Å².